The lowest BCUT2D eigenvalue weighted by Crippen LogP contribution is -2.26. The first-order chi connectivity index (χ1) is 7.31. The summed E-state index contributed by atoms with van der Waals surface area (Å²) in [6.45, 7) is 2.17. The summed E-state index contributed by atoms with van der Waals surface area (Å²) >= 11 is 6.02. The van der Waals surface area contributed by atoms with Gasteiger partial charge in [0.05, 0.1) is 7.11 Å². The van der Waals surface area contributed by atoms with Crippen LogP contribution in [0.25, 0.3) is 0 Å². The van der Waals surface area contributed by atoms with Gasteiger partial charge in [-0.3, -0.25) is 0 Å². The van der Waals surface area contributed by atoms with Crippen molar-refractivity contribution < 1.29 is 4.74 Å². The lowest BCUT2D eigenvalue weighted by atomic mass is 9.89. The molecule has 1 N–H and O–H groups in total. The van der Waals surface area contributed by atoms with Crippen LogP contribution in [-0.4, -0.2) is 20.2 Å². The van der Waals surface area contributed by atoms with E-state index in [9.17, 15) is 0 Å². The molecule has 0 spiro atoms. The molecule has 2 nitrogen and oxygen atoms in total. The number of methoxy groups -OCH3 is 1. The van der Waals surface area contributed by atoms with Gasteiger partial charge in [-0.15, -0.1) is 0 Å². The van der Waals surface area contributed by atoms with Crippen molar-refractivity contribution in [1.29, 1.82) is 0 Å². The zero-order valence-corrected chi connectivity index (χ0v) is 9.68. The van der Waals surface area contributed by atoms with Crippen molar-refractivity contribution >= 4 is 11.6 Å². The summed E-state index contributed by atoms with van der Waals surface area (Å²) in [6.07, 6.45) is 2.33. The molecule has 1 aromatic rings. The summed E-state index contributed by atoms with van der Waals surface area (Å²) in [5.41, 5.74) is 1.26. The fourth-order valence-corrected chi connectivity index (χ4v) is 2.34. The number of ether oxygens (including phenoxy) is 1. The van der Waals surface area contributed by atoms with Crippen LogP contribution in [0, 0.1) is 0 Å². The number of piperidine rings is 1. The van der Waals surface area contributed by atoms with E-state index in [2.05, 4.69) is 5.32 Å². The number of halogens is 1. The van der Waals surface area contributed by atoms with Crippen molar-refractivity contribution in [3.63, 3.8) is 0 Å². The molecule has 0 atom stereocenters. The Morgan fingerprint density at radius 1 is 1.33 bits per heavy atom. The molecule has 0 bridgehead atoms. The van der Waals surface area contributed by atoms with Gasteiger partial charge >= 0.3 is 0 Å². The van der Waals surface area contributed by atoms with E-state index in [0.717, 1.165) is 36.7 Å². The molecule has 0 radical (unpaired) electrons. The maximum Gasteiger partial charge on any atom is 0.122 e. The quantitative estimate of drug-likeness (QED) is 0.836. The summed E-state index contributed by atoms with van der Waals surface area (Å²) in [4.78, 5) is 0. The number of hydrogen-bond acceptors (Lipinski definition) is 2. The van der Waals surface area contributed by atoms with Crippen LogP contribution in [-0.2, 0) is 0 Å². The minimum atomic E-state index is 0.583. The first-order valence-corrected chi connectivity index (χ1v) is 5.73. The molecule has 1 heterocycles. The molecule has 15 heavy (non-hydrogen) atoms. The minimum Gasteiger partial charge on any atom is -0.496 e. The number of hydrogen-bond donors (Lipinski definition) is 1. The highest BCUT2D eigenvalue weighted by atomic mass is 35.5. The SMILES string of the molecule is COc1ccc(Cl)cc1C1CCNCC1. The van der Waals surface area contributed by atoms with Crippen LogP contribution in [0.2, 0.25) is 5.02 Å². The van der Waals surface area contributed by atoms with Crippen molar-refractivity contribution in [1.82, 2.24) is 5.32 Å². The third kappa shape index (κ3) is 2.44. The Morgan fingerprint density at radius 3 is 2.73 bits per heavy atom. The van der Waals surface area contributed by atoms with Crippen molar-refractivity contribution in [3.05, 3.63) is 28.8 Å². The Morgan fingerprint density at radius 2 is 2.07 bits per heavy atom. The Balaban J connectivity index is 2.27. The van der Waals surface area contributed by atoms with Gasteiger partial charge in [-0.1, -0.05) is 11.6 Å². The molecule has 0 aromatic heterocycles. The highest BCUT2D eigenvalue weighted by molar-refractivity contribution is 6.30. The maximum atomic E-state index is 6.02. The molecule has 0 unspecified atom stereocenters. The monoisotopic (exact) mass is 225 g/mol. The third-order valence-corrected chi connectivity index (χ3v) is 3.21. The van der Waals surface area contributed by atoms with Crippen LogP contribution < -0.4 is 10.1 Å². The van der Waals surface area contributed by atoms with E-state index in [1.165, 1.54) is 5.56 Å². The molecule has 0 saturated carbocycles. The van der Waals surface area contributed by atoms with Gasteiger partial charge in [-0.2, -0.15) is 0 Å². The van der Waals surface area contributed by atoms with Gasteiger partial charge in [-0.25, -0.2) is 0 Å². The Labute approximate surface area is 95.6 Å². The molecule has 1 aliphatic heterocycles. The van der Waals surface area contributed by atoms with E-state index >= 15 is 0 Å². The molecule has 3 heteroatoms. The normalized spacial score (nSPS) is 17.7. The van der Waals surface area contributed by atoms with E-state index in [0.29, 0.717) is 5.92 Å². The second-order valence-corrected chi connectivity index (χ2v) is 4.35. The fourth-order valence-electron chi connectivity index (χ4n) is 2.16. The summed E-state index contributed by atoms with van der Waals surface area (Å²) in [5.74, 6) is 1.55. The molecular weight excluding hydrogens is 210 g/mol. The van der Waals surface area contributed by atoms with Gasteiger partial charge in [-0.05, 0) is 55.6 Å². The van der Waals surface area contributed by atoms with Gasteiger partial charge < -0.3 is 10.1 Å². The predicted molar refractivity (Wildman–Crippen MR) is 62.8 cm³/mol. The molecule has 1 saturated heterocycles. The molecule has 1 fully saturated rings. The van der Waals surface area contributed by atoms with E-state index < -0.39 is 0 Å². The van der Waals surface area contributed by atoms with Crippen LogP contribution in [0.5, 0.6) is 5.75 Å². The molecule has 1 aliphatic rings. The predicted octanol–water partition coefficient (Wildman–Crippen LogP) is 2.82. The number of rotatable bonds is 2. The highest BCUT2D eigenvalue weighted by Gasteiger charge is 2.18. The third-order valence-electron chi connectivity index (χ3n) is 2.97. The summed E-state index contributed by atoms with van der Waals surface area (Å²) in [6, 6.07) is 5.88. The summed E-state index contributed by atoms with van der Waals surface area (Å²) in [7, 11) is 1.72. The topological polar surface area (TPSA) is 21.3 Å². The second-order valence-electron chi connectivity index (χ2n) is 3.91. The van der Waals surface area contributed by atoms with Crippen molar-refractivity contribution in [3.8, 4) is 5.75 Å². The van der Waals surface area contributed by atoms with Gasteiger partial charge in [0, 0.05) is 5.02 Å². The van der Waals surface area contributed by atoms with E-state index in [1.807, 2.05) is 18.2 Å². The van der Waals surface area contributed by atoms with E-state index in [4.69, 9.17) is 16.3 Å². The fraction of sp³-hybridized carbons (Fsp3) is 0.500. The molecule has 2 rings (SSSR count). The largest absolute Gasteiger partial charge is 0.496 e. The van der Waals surface area contributed by atoms with Crippen molar-refractivity contribution in [2.75, 3.05) is 20.2 Å². The zero-order chi connectivity index (χ0) is 10.7. The first kappa shape index (κ1) is 10.8. The van der Waals surface area contributed by atoms with Gasteiger partial charge in [0.25, 0.3) is 0 Å². The van der Waals surface area contributed by atoms with Gasteiger partial charge in [0.1, 0.15) is 5.75 Å². The minimum absolute atomic E-state index is 0.583. The zero-order valence-electron chi connectivity index (χ0n) is 8.92. The standard InChI is InChI=1S/C12H16ClNO/c1-15-12-3-2-10(13)8-11(12)9-4-6-14-7-5-9/h2-3,8-9,14H,4-7H2,1H3. The molecular formula is C12H16ClNO. The number of nitrogens with one attached hydrogen (secondary N) is 1. The van der Waals surface area contributed by atoms with Crippen LogP contribution in [0.3, 0.4) is 0 Å². The molecule has 1 aromatic carbocycles. The number of benzene rings is 1. The highest BCUT2D eigenvalue weighted by Crippen LogP contribution is 2.34. The Kier molecular flexibility index (Phi) is 3.49. The lowest BCUT2D eigenvalue weighted by molar-refractivity contribution is 0.391. The lowest BCUT2D eigenvalue weighted by Gasteiger charge is -2.24. The van der Waals surface area contributed by atoms with Gasteiger partial charge in [0.2, 0.25) is 0 Å². The van der Waals surface area contributed by atoms with Gasteiger partial charge in [0.15, 0.2) is 0 Å². The van der Waals surface area contributed by atoms with Crippen molar-refractivity contribution in [2.45, 2.75) is 18.8 Å². The van der Waals surface area contributed by atoms with E-state index in [-0.39, 0.29) is 0 Å². The average molecular weight is 226 g/mol. The molecule has 0 aliphatic carbocycles. The summed E-state index contributed by atoms with van der Waals surface area (Å²) in [5, 5.41) is 4.16. The average Bonchev–Trinajstić information content (AvgIpc) is 2.30. The summed E-state index contributed by atoms with van der Waals surface area (Å²) < 4.78 is 5.37. The van der Waals surface area contributed by atoms with Crippen LogP contribution >= 0.6 is 11.6 Å². The van der Waals surface area contributed by atoms with Crippen LogP contribution in [0.4, 0.5) is 0 Å². The van der Waals surface area contributed by atoms with E-state index in [1.54, 1.807) is 7.11 Å². The van der Waals surface area contributed by atoms with Crippen LogP contribution in [0.15, 0.2) is 18.2 Å². The van der Waals surface area contributed by atoms with Crippen LogP contribution in [0.1, 0.15) is 24.3 Å². The first-order valence-electron chi connectivity index (χ1n) is 5.35. The Hall–Kier alpha value is -0.730. The smallest absolute Gasteiger partial charge is 0.122 e. The molecule has 0 amide bonds. The second kappa shape index (κ2) is 4.86. The Bertz CT molecular complexity index is 334. The maximum absolute atomic E-state index is 6.02. The molecule has 82 valence electrons. The van der Waals surface area contributed by atoms with Crippen molar-refractivity contribution in [2.24, 2.45) is 0 Å².